The van der Waals surface area contributed by atoms with E-state index in [4.69, 9.17) is 0 Å². The first-order valence-electron chi connectivity index (χ1n) is 8.73. The number of pyridine rings is 1. The molecule has 1 aromatic carbocycles. The Hall–Kier alpha value is -2.63. The molecule has 2 aliphatic heterocycles. The Bertz CT molecular complexity index is 795. The van der Waals surface area contributed by atoms with Crippen LogP contribution in [0.15, 0.2) is 36.4 Å². The fourth-order valence-electron chi connectivity index (χ4n) is 3.55. The molecule has 3 heterocycles. The summed E-state index contributed by atoms with van der Waals surface area (Å²) in [6.07, 6.45) is 2.87. The van der Waals surface area contributed by atoms with Crippen LogP contribution in [-0.2, 0) is 12.8 Å². The summed E-state index contributed by atoms with van der Waals surface area (Å²) in [4.78, 5) is 18.6. The molecular weight excluding hydrogens is 319 g/mol. The molecule has 0 bridgehead atoms. The van der Waals surface area contributed by atoms with Crippen molar-refractivity contribution < 1.29 is 9.18 Å². The molecule has 1 fully saturated rings. The van der Waals surface area contributed by atoms with Crippen molar-refractivity contribution in [3.63, 3.8) is 0 Å². The van der Waals surface area contributed by atoms with Crippen molar-refractivity contribution in [1.29, 1.82) is 0 Å². The number of carbonyl (C=O) groups excluding carboxylic acids is 1. The minimum absolute atomic E-state index is 0.106. The fraction of sp³-hybridized carbons (Fsp3) is 0.368. The zero-order valence-corrected chi connectivity index (χ0v) is 14.0. The standard InChI is InChI=1S/C19H21FN4O/c20-15-5-1-3-14(11-15)17-12-22-19(25)24(17)10-8-16-7-6-13-4-2-9-21-18(13)23-16/h1,3,5-7,11,17H,2,4,8-10,12H2,(H,21,23)(H,22,25). The maximum atomic E-state index is 13.5. The normalized spacial score (nSPS) is 19.3. The second kappa shape index (κ2) is 6.70. The summed E-state index contributed by atoms with van der Waals surface area (Å²) in [5, 5.41) is 6.19. The molecule has 0 radical (unpaired) electrons. The second-order valence-electron chi connectivity index (χ2n) is 6.54. The highest BCUT2D eigenvalue weighted by Gasteiger charge is 2.31. The zero-order valence-electron chi connectivity index (χ0n) is 14.0. The third kappa shape index (κ3) is 3.29. The average Bonchev–Trinajstić information content (AvgIpc) is 3.00. The maximum Gasteiger partial charge on any atom is 0.318 e. The quantitative estimate of drug-likeness (QED) is 0.900. The molecular formula is C19H21FN4O. The van der Waals surface area contributed by atoms with E-state index in [0.29, 0.717) is 19.5 Å². The number of rotatable bonds is 4. The Morgan fingerprint density at radius 3 is 3.04 bits per heavy atom. The van der Waals surface area contributed by atoms with Crippen LogP contribution in [-0.4, -0.2) is 35.5 Å². The molecule has 2 N–H and O–H groups in total. The van der Waals surface area contributed by atoms with Crippen molar-refractivity contribution in [2.24, 2.45) is 0 Å². The van der Waals surface area contributed by atoms with E-state index in [1.54, 1.807) is 11.0 Å². The van der Waals surface area contributed by atoms with Crippen LogP contribution in [0.3, 0.4) is 0 Å². The first-order valence-corrected chi connectivity index (χ1v) is 8.73. The van der Waals surface area contributed by atoms with Crippen LogP contribution >= 0.6 is 0 Å². The van der Waals surface area contributed by atoms with E-state index in [9.17, 15) is 9.18 Å². The number of amides is 2. The van der Waals surface area contributed by atoms with Crippen molar-refractivity contribution in [3.8, 4) is 0 Å². The first kappa shape index (κ1) is 15.9. The second-order valence-corrected chi connectivity index (χ2v) is 6.54. The molecule has 2 aromatic rings. The van der Waals surface area contributed by atoms with Gasteiger partial charge in [0.05, 0.1) is 6.04 Å². The van der Waals surface area contributed by atoms with Gasteiger partial charge in [-0.3, -0.25) is 0 Å². The minimum atomic E-state index is -0.278. The molecule has 1 aromatic heterocycles. The number of aryl methyl sites for hydroxylation is 1. The minimum Gasteiger partial charge on any atom is -0.370 e. The first-order chi connectivity index (χ1) is 12.2. The molecule has 1 atom stereocenters. The molecule has 5 nitrogen and oxygen atoms in total. The Kier molecular flexibility index (Phi) is 4.26. The molecule has 1 unspecified atom stereocenters. The van der Waals surface area contributed by atoms with Crippen LogP contribution < -0.4 is 10.6 Å². The van der Waals surface area contributed by atoms with Crippen LogP contribution in [0.5, 0.6) is 0 Å². The molecule has 2 aliphatic rings. The number of halogens is 1. The maximum absolute atomic E-state index is 13.5. The lowest BCUT2D eigenvalue weighted by Crippen LogP contribution is -2.32. The Morgan fingerprint density at radius 1 is 1.24 bits per heavy atom. The lowest BCUT2D eigenvalue weighted by atomic mass is 10.1. The van der Waals surface area contributed by atoms with Crippen LogP contribution in [0, 0.1) is 5.82 Å². The largest absolute Gasteiger partial charge is 0.370 e. The fourth-order valence-corrected chi connectivity index (χ4v) is 3.55. The van der Waals surface area contributed by atoms with Gasteiger partial charge in [-0.05, 0) is 42.2 Å². The van der Waals surface area contributed by atoms with E-state index < -0.39 is 0 Å². The average molecular weight is 340 g/mol. The summed E-state index contributed by atoms with van der Waals surface area (Å²) < 4.78 is 13.5. The summed E-state index contributed by atoms with van der Waals surface area (Å²) in [6.45, 7) is 2.01. The number of benzene rings is 1. The summed E-state index contributed by atoms with van der Waals surface area (Å²) >= 11 is 0. The van der Waals surface area contributed by atoms with Crippen molar-refractivity contribution in [2.45, 2.75) is 25.3 Å². The van der Waals surface area contributed by atoms with E-state index in [1.165, 1.54) is 17.7 Å². The highest BCUT2D eigenvalue weighted by Crippen LogP contribution is 2.26. The Balaban J connectivity index is 1.48. The highest BCUT2D eigenvalue weighted by molar-refractivity contribution is 5.77. The lowest BCUT2D eigenvalue weighted by Gasteiger charge is -2.24. The predicted molar refractivity (Wildman–Crippen MR) is 94.0 cm³/mol. The van der Waals surface area contributed by atoms with Crippen LogP contribution in [0.2, 0.25) is 0 Å². The lowest BCUT2D eigenvalue weighted by molar-refractivity contribution is 0.204. The number of hydrogen-bond acceptors (Lipinski definition) is 3. The Morgan fingerprint density at radius 2 is 2.16 bits per heavy atom. The summed E-state index contributed by atoms with van der Waals surface area (Å²) in [7, 11) is 0. The predicted octanol–water partition coefficient (Wildman–Crippen LogP) is 2.89. The van der Waals surface area contributed by atoms with Crippen molar-refractivity contribution >= 4 is 11.8 Å². The van der Waals surface area contributed by atoms with Gasteiger partial charge in [0.15, 0.2) is 0 Å². The van der Waals surface area contributed by atoms with Gasteiger partial charge < -0.3 is 15.5 Å². The van der Waals surface area contributed by atoms with Crippen LogP contribution in [0.1, 0.15) is 29.3 Å². The summed E-state index contributed by atoms with van der Waals surface area (Å²) in [5.74, 6) is 0.690. The van der Waals surface area contributed by atoms with Gasteiger partial charge in [-0.2, -0.15) is 0 Å². The van der Waals surface area contributed by atoms with Crippen LogP contribution in [0.25, 0.3) is 0 Å². The third-order valence-electron chi connectivity index (χ3n) is 4.88. The number of anilines is 1. The van der Waals surface area contributed by atoms with Gasteiger partial charge in [0, 0.05) is 31.7 Å². The van der Waals surface area contributed by atoms with Gasteiger partial charge in [-0.15, -0.1) is 0 Å². The SMILES string of the molecule is O=C1NCC(c2cccc(F)c2)N1CCc1ccc2c(n1)NCCC2. The van der Waals surface area contributed by atoms with Crippen molar-refractivity contribution in [3.05, 3.63) is 59.0 Å². The molecule has 25 heavy (non-hydrogen) atoms. The monoisotopic (exact) mass is 340 g/mol. The highest BCUT2D eigenvalue weighted by atomic mass is 19.1. The third-order valence-corrected chi connectivity index (χ3v) is 4.88. The van der Waals surface area contributed by atoms with Gasteiger partial charge in [0.25, 0.3) is 0 Å². The number of urea groups is 1. The van der Waals surface area contributed by atoms with Gasteiger partial charge in [-0.1, -0.05) is 18.2 Å². The zero-order chi connectivity index (χ0) is 17.2. The van der Waals surface area contributed by atoms with Crippen molar-refractivity contribution in [2.75, 3.05) is 25.0 Å². The van der Waals surface area contributed by atoms with Gasteiger partial charge in [0.2, 0.25) is 0 Å². The number of nitrogens with one attached hydrogen (secondary N) is 2. The summed E-state index contributed by atoms with van der Waals surface area (Å²) in [6, 6.07) is 10.4. The Labute approximate surface area is 146 Å². The molecule has 6 heteroatoms. The van der Waals surface area contributed by atoms with E-state index in [2.05, 4.69) is 21.7 Å². The smallest absolute Gasteiger partial charge is 0.318 e. The number of fused-ring (bicyclic) bond motifs is 1. The molecule has 0 spiro atoms. The topological polar surface area (TPSA) is 57.3 Å². The van der Waals surface area contributed by atoms with E-state index in [1.807, 2.05) is 12.1 Å². The van der Waals surface area contributed by atoms with E-state index in [-0.39, 0.29) is 17.9 Å². The number of nitrogens with zero attached hydrogens (tertiary/aromatic N) is 2. The molecule has 130 valence electrons. The molecule has 2 amide bonds. The van der Waals surface area contributed by atoms with Gasteiger partial charge in [0.1, 0.15) is 11.6 Å². The number of carbonyl (C=O) groups is 1. The van der Waals surface area contributed by atoms with Crippen molar-refractivity contribution in [1.82, 2.24) is 15.2 Å². The molecule has 0 aliphatic carbocycles. The number of aromatic nitrogens is 1. The van der Waals surface area contributed by atoms with Gasteiger partial charge >= 0.3 is 6.03 Å². The summed E-state index contributed by atoms with van der Waals surface area (Å²) in [5.41, 5.74) is 3.04. The molecule has 1 saturated heterocycles. The van der Waals surface area contributed by atoms with E-state index in [0.717, 1.165) is 36.5 Å². The molecule has 4 rings (SSSR count). The molecule has 0 saturated carbocycles. The van der Waals surface area contributed by atoms with Gasteiger partial charge in [-0.25, -0.2) is 14.2 Å². The van der Waals surface area contributed by atoms with Crippen LogP contribution in [0.4, 0.5) is 15.0 Å². The van der Waals surface area contributed by atoms with E-state index >= 15 is 0 Å². The number of hydrogen-bond donors (Lipinski definition) is 2.